The Bertz CT molecular complexity index is 324. The molecule has 0 N–H and O–H groups in total. The molecular weight excluding hydrogens is 235 g/mol. The first-order valence-electron chi connectivity index (χ1n) is 4.42. The highest BCUT2D eigenvalue weighted by Crippen LogP contribution is 2.32. The molecule has 0 aliphatic heterocycles. The van der Waals surface area contributed by atoms with Crippen molar-refractivity contribution in [3.05, 3.63) is 39.2 Å². The maximum Gasteiger partial charge on any atom is 0.0406 e. The quantitative estimate of drug-likeness (QED) is 0.652. The van der Waals surface area contributed by atoms with E-state index in [1.165, 1.54) is 9.80 Å². The van der Waals surface area contributed by atoms with Gasteiger partial charge < -0.3 is 0 Å². The van der Waals surface area contributed by atoms with Crippen LogP contribution in [0.3, 0.4) is 0 Å². The molecule has 1 aromatic rings. The molecule has 1 aromatic carbocycles. The number of hydrogen-bond donors (Lipinski definition) is 0. The Morgan fingerprint density at radius 3 is 2.29 bits per heavy atom. The van der Waals surface area contributed by atoms with Crippen molar-refractivity contribution < 1.29 is 0 Å². The van der Waals surface area contributed by atoms with Gasteiger partial charge in [0, 0.05) is 19.9 Å². The molecule has 0 saturated heterocycles. The molecule has 0 atom stereocenters. The van der Waals surface area contributed by atoms with Gasteiger partial charge in [-0.1, -0.05) is 41.9 Å². The lowest BCUT2D eigenvalue weighted by Crippen LogP contribution is -1.78. The van der Waals surface area contributed by atoms with E-state index in [1.54, 1.807) is 11.8 Å². The largest absolute Gasteiger partial charge is 0.0934 e. The summed E-state index contributed by atoms with van der Waals surface area (Å²) in [6, 6.07) is 7.78. The second kappa shape index (κ2) is 5.69. The van der Waals surface area contributed by atoms with Crippen LogP contribution >= 0.6 is 35.0 Å². The molecule has 0 saturated carbocycles. The van der Waals surface area contributed by atoms with Gasteiger partial charge >= 0.3 is 0 Å². The first-order valence-corrected chi connectivity index (χ1v) is 5.99. The molecule has 0 unspecified atom stereocenters. The van der Waals surface area contributed by atoms with E-state index >= 15 is 0 Å². The second-order valence-electron chi connectivity index (χ2n) is 2.87. The van der Waals surface area contributed by atoms with Crippen molar-refractivity contribution >= 4 is 35.0 Å². The molecule has 76 valence electrons. The minimum Gasteiger partial charge on any atom is -0.0934 e. The van der Waals surface area contributed by atoms with Crippen molar-refractivity contribution in [3.63, 3.8) is 0 Å². The summed E-state index contributed by atoms with van der Waals surface area (Å²) in [6.07, 6.45) is 0.961. The Balaban J connectivity index is 2.78. The fourth-order valence-corrected chi connectivity index (χ4v) is 2.25. The monoisotopic (exact) mass is 246 g/mol. The predicted molar refractivity (Wildman–Crippen MR) is 66.2 cm³/mol. The molecule has 0 fully saturated rings. The molecule has 0 heterocycles. The molecule has 0 spiro atoms. The maximum absolute atomic E-state index is 5.96. The Hall–Kier alpha value is -0.110. The highest BCUT2D eigenvalue weighted by atomic mass is 35.5. The molecule has 0 amide bonds. The van der Waals surface area contributed by atoms with Gasteiger partial charge in [0.25, 0.3) is 0 Å². The summed E-state index contributed by atoms with van der Waals surface area (Å²) in [4.78, 5) is 2.38. The molecule has 0 aliphatic rings. The van der Waals surface area contributed by atoms with Crippen LogP contribution in [-0.4, -0.2) is 0 Å². The number of allylic oxidation sites excluding steroid dienone is 2. The first-order chi connectivity index (χ1) is 6.63. The molecule has 0 aromatic heterocycles. The van der Waals surface area contributed by atoms with Gasteiger partial charge in [-0.3, -0.25) is 0 Å². The summed E-state index contributed by atoms with van der Waals surface area (Å²) in [7, 11) is 0. The van der Waals surface area contributed by atoms with E-state index in [1.807, 2.05) is 31.2 Å². The highest BCUT2D eigenvalue weighted by Gasteiger charge is 2.01. The zero-order chi connectivity index (χ0) is 10.6. The van der Waals surface area contributed by atoms with Crippen LogP contribution in [0.2, 0.25) is 5.02 Å². The molecule has 14 heavy (non-hydrogen) atoms. The Labute approximate surface area is 99.3 Å². The zero-order valence-corrected chi connectivity index (χ0v) is 10.5. The van der Waals surface area contributed by atoms with E-state index in [0.29, 0.717) is 0 Å². The van der Waals surface area contributed by atoms with Crippen LogP contribution in [0.1, 0.15) is 20.3 Å². The SMILES string of the molecule is CC/C(Sc1ccc(Cl)cc1)=C(\C)Cl. The van der Waals surface area contributed by atoms with Gasteiger partial charge in [-0.2, -0.15) is 0 Å². The van der Waals surface area contributed by atoms with E-state index < -0.39 is 0 Å². The van der Waals surface area contributed by atoms with Gasteiger partial charge in [0.05, 0.1) is 0 Å². The molecular formula is C11H12Cl2S. The molecule has 1 rings (SSSR count). The molecule has 0 nitrogen and oxygen atoms in total. The van der Waals surface area contributed by atoms with Crippen LogP contribution in [0.25, 0.3) is 0 Å². The number of thioether (sulfide) groups is 1. The van der Waals surface area contributed by atoms with Gasteiger partial charge in [-0.25, -0.2) is 0 Å². The third-order valence-corrected chi connectivity index (χ3v) is 3.70. The summed E-state index contributed by atoms with van der Waals surface area (Å²) in [5, 5.41) is 1.63. The number of hydrogen-bond acceptors (Lipinski definition) is 1. The van der Waals surface area contributed by atoms with Crippen LogP contribution < -0.4 is 0 Å². The van der Waals surface area contributed by atoms with Crippen LogP contribution in [0, 0.1) is 0 Å². The van der Waals surface area contributed by atoms with E-state index in [0.717, 1.165) is 16.5 Å². The fourth-order valence-electron chi connectivity index (χ4n) is 1.03. The second-order valence-corrected chi connectivity index (χ2v) is 5.04. The van der Waals surface area contributed by atoms with E-state index in [4.69, 9.17) is 23.2 Å². The van der Waals surface area contributed by atoms with E-state index in [2.05, 4.69) is 6.92 Å². The van der Waals surface area contributed by atoms with Crippen LogP contribution in [0.4, 0.5) is 0 Å². The minimum absolute atomic E-state index is 0.763. The maximum atomic E-state index is 5.96. The summed E-state index contributed by atoms with van der Waals surface area (Å²) < 4.78 is 0. The minimum atomic E-state index is 0.763. The van der Waals surface area contributed by atoms with Crippen LogP contribution in [0.15, 0.2) is 39.1 Å². The third-order valence-electron chi connectivity index (χ3n) is 1.76. The fraction of sp³-hybridized carbons (Fsp3) is 0.273. The smallest absolute Gasteiger partial charge is 0.0406 e. The molecule has 0 radical (unpaired) electrons. The van der Waals surface area contributed by atoms with Crippen LogP contribution in [0.5, 0.6) is 0 Å². The van der Waals surface area contributed by atoms with Crippen molar-refractivity contribution in [1.82, 2.24) is 0 Å². The van der Waals surface area contributed by atoms with Gasteiger partial charge in [-0.05, 0) is 37.6 Å². The standard InChI is InChI=1S/C11H12Cl2S/c1-3-11(8(2)12)14-10-6-4-9(13)5-7-10/h4-7H,3H2,1-2H3/b11-8-. The van der Waals surface area contributed by atoms with Gasteiger partial charge in [0.1, 0.15) is 0 Å². The zero-order valence-electron chi connectivity index (χ0n) is 8.18. The van der Waals surface area contributed by atoms with Gasteiger partial charge in [0.2, 0.25) is 0 Å². The topological polar surface area (TPSA) is 0 Å². The summed E-state index contributed by atoms with van der Waals surface area (Å²) >= 11 is 13.4. The van der Waals surface area contributed by atoms with E-state index in [9.17, 15) is 0 Å². The Morgan fingerprint density at radius 2 is 1.86 bits per heavy atom. The predicted octanol–water partition coefficient (Wildman–Crippen LogP) is 5.31. The van der Waals surface area contributed by atoms with Gasteiger partial charge in [0.15, 0.2) is 0 Å². The van der Waals surface area contributed by atoms with Crippen LogP contribution in [-0.2, 0) is 0 Å². The van der Waals surface area contributed by atoms with E-state index in [-0.39, 0.29) is 0 Å². The van der Waals surface area contributed by atoms with Crippen molar-refractivity contribution in [1.29, 1.82) is 0 Å². The van der Waals surface area contributed by atoms with Crippen molar-refractivity contribution in [3.8, 4) is 0 Å². The average Bonchev–Trinajstić information content (AvgIpc) is 2.16. The first kappa shape index (κ1) is 12.0. The van der Waals surface area contributed by atoms with Crippen molar-refractivity contribution in [2.75, 3.05) is 0 Å². The van der Waals surface area contributed by atoms with Gasteiger partial charge in [-0.15, -0.1) is 0 Å². The summed E-state index contributed by atoms with van der Waals surface area (Å²) in [5.74, 6) is 0. The molecule has 3 heteroatoms. The highest BCUT2D eigenvalue weighted by molar-refractivity contribution is 8.03. The lowest BCUT2D eigenvalue weighted by molar-refractivity contribution is 1.18. The number of halogens is 2. The lowest BCUT2D eigenvalue weighted by Gasteiger charge is -2.05. The third kappa shape index (κ3) is 3.56. The number of benzene rings is 1. The summed E-state index contributed by atoms with van der Waals surface area (Å²) in [5.41, 5.74) is 0. The van der Waals surface area contributed by atoms with Crippen molar-refractivity contribution in [2.24, 2.45) is 0 Å². The average molecular weight is 247 g/mol. The number of rotatable bonds is 3. The normalized spacial score (nSPS) is 12.6. The Kier molecular flexibility index (Phi) is 4.86. The lowest BCUT2D eigenvalue weighted by atomic mass is 10.4. The van der Waals surface area contributed by atoms with Crippen molar-refractivity contribution in [2.45, 2.75) is 25.2 Å². The molecule has 0 aliphatic carbocycles. The molecule has 0 bridgehead atoms. The Morgan fingerprint density at radius 1 is 1.29 bits per heavy atom. The summed E-state index contributed by atoms with van der Waals surface area (Å²) in [6.45, 7) is 4.02.